The van der Waals surface area contributed by atoms with Gasteiger partial charge < -0.3 is 4.90 Å². The zero-order valence-corrected chi connectivity index (χ0v) is 15.0. The maximum atomic E-state index is 12.9. The van der Waals surface area contributed by atoms with Crippen LogP contribution in [0.15, 0.2) is 24.3 Å². The van der Waals surface area contributed by atoms with Gasteiger partial charge in [0.1, 0.15) is 10.8 Å². The summed E-state index contributed by atoms with van der Waals surface area (Å²) < 4.78 is 38.2. The number of piperazine rings is 1. The van der Waals surface area contributed by atoms with E-state index in [1.165, 1.54) is 27.8 Å². The van der Waals surface area contributed by atoms with E-state index in [0.717, 1.165) is 15.7 Å². The predicted molar refractivity (Wildman–Crippen MR) is 92.4 cm³/mol. The lowest BCUT2D eigenvalue weighted by Crippen LogP contribution is -2.49. The Morgan fingerprint density at radius 3 is 2.42 bits per heavy atom. The van der Waals surface area contributed by atoms with Crippen molar-refractivity contribution in [2.24, 2.45) is 0 Å². The molecule has 0 aliphatic carbocycles. The monoisotopic (exact) mass is 370 g/mol. The van der Waals surface area contributed by atoms with Crippen LogP contribution in [0, 0.1) is 5.82 Å². The van der Waals surface area contributed by atoms with Crippen LogP contribution in [0.5, 0.6) is 0 Å². The summed E-state index contributed by atoms with van der Waals surface area (Å²) >= 11 is 1.49. The molecule has 3 rings (SSSR count). The largest absolute Gasteiger partial charge is 0.344 e. The van der Waals surface area contributed by atoms with Crippen molar-refractivity contribution in [2.75, 3.05) is 36.8 Å². The van der Waals surface area contributed by atoms with Crippen molar-refractivity contribution in [1.29, 1.82) is 0 Å². The van der Waals surface area contributed by atoms with Gasteiger partial charge in [-0.05, 0) is 24.6 Å². The van der Waals surface area contributed by atoms with Gasteiger partial charge in [-0.2, -0.15) is 4.31 Å². The van der Waals surface area contributed by atoms with Crippen molar-refractivity contribution < 1.29 is 12.8 Å². The second-order valence-corrected chi connectivity index (χ2v) is 8.87. The van der Waals surface area contributed by atoms with Crippen molar-refractivity contribution in [2.45, 2.75) is 13.3 Å². The molecule has 1 fully saturated rings. The Morgan fingerprint density at radius 2 is 1.79 bits per heavy atom. The molecule has 1 aliphatic rings. The molecule has 1 aromatic heterocycles. The highest BCUT2D eigenvalue weighted by Gasteiger charge is 2.26. The Bertz CT molecular complexity index is 784. The van der Waals surface area contributed by atoms with Crippen LogP contribution in [0.1, 0.15) is 17.5 Å². The molecule has 24 heavy (non-hydrogen) atoms. The lowest BCUT2D eigenvalue weighted by Gasteiger charge is -2.33. The van der Waals surface area contributed by atoms with Crippen molar-refractivity contribution in [3.05, 3.63) is 40.7 Å². The zero-order chi connectivity index (χ0) is 17.2. The maximum Gasteiger partial charge on any atom is 0.213 e. The van der Waals surface area contributed by atoms with E-state index in [1.807, 2.05) is 0 Å². The Kier molecular flexibility index (Phi) is 5.12. The predicted octanol–water partition coefficient (Wildman–Crippen LogP) is 1.74. The number of benzene rings is 1. The maximum absolute atomic E-state index is 12.9. The summed E-state index contributed by atoms with van der Waals surface area (Å²) in [7, 11) is -3.12. The third-order valence-corrected chi connectivity index (χ3v) is 6.86. The molecule has 0 unspecified atom stereocenters. The van der Waals surface area contributed by atoms with Gasteiger partial charge in [-0.25, -0.2) is 12.8 Å². The summed E-state index contributed by atoms with van der Waals surface area (Å²) in [5, 5.41) is 10.1. The minimum atomic E-state index is -3.12. The average molecular weight is 370 g/mol. The van der Waals surface area contributed by atoms with E-state index in [1.54, 1.807) is 19.1 Å². The van der Waals surface area contributed by atoms with E-state index >= 15 is 0 Å². The number of anilines is 1. The van der Waals surface area contributed by atoms with E-state index in [4.69, 9.17) is 0 Å². The molecular weight excluding hydrogens is 351 g/mol. The fourth-order valence-corrected chi connectivity index (χ4v) is 4.57. The Labute approximate surface area is 145 Å². The highest BCUT2D eigenvalue weighted by molar-refractivity contribution is 7.89. The van der Waals surface area contributed by atoms with Crippen molar-refractivity contribution in [1.82, 2.24) is 14.5 Å². The van der Waals surface area contributed by atoms with E-state index in [2.05, 4.69) is 15.1 Å². The van der Waals surface area contributed by atoms with Gasteiger partial charge >= 0.3 is 0 Å². The third kappa shape index (κ3) is 3.90. The SMILES string of the molecule is CCS(=O)(=O)N1CCN(c2nnc(Cc3ccc(F)cc3)s2)CC1. The number of nitrogens with zero attached hydrogens (tertiary/aromatic N) is 4. The molecule has 1 aromatic carbocycles. The van der Waals surface area contributed by atoms with E-state index in [-0.39, 0.29) is 11.6 Å². The summed E-state index contributed by atoms with van der Waals surface area (Å²) in [6, 6.07) is 6.35. The number of hydrogen-bond donors (Lipinski definition) is 0. The van der Waals surface area contributed by atoms with Gasteiger partial charge in [-0.15, -0.1) is 10.2 Å². The van der Waals surface area contributed by atoms with Gasteiger partial charge in [0.25, 0.3) is 0 Å². The van der Waals surface area contributed by atoms with E-state index < -0.39 is 10.0 Å². The first-order chi connectivity index (χ1) is 11.5. The summed E-state index contributed by atoms with van der Waals surface area (Å²) in [5.74, 6) is -0.121. The normalized spacial score (nSPS) is 16.5. The number of rotatable bonds is 5. The fourth-order valence-electron chi connectivity index (χ4n) is 2.56. The molecule has 130 valence electrons. The summed E-state index contributed by atoms with van der Waals surface area (Å²) in [5.41, 5.74) is 0.984. The van der Waals surface area contributed by atoms with Crippen LogP contribution < -0.4 is 4.90 Å². The van der Waals surface area contributed by atoms with Crippen LogP contribution in [0.3, 0.4) is 0 Å². The molecule has 0 N–H and O–H groups in total. The molecule has 0 bridgehead atoms. The molecule has 0 amide bonds. The van der Waals surface area contributed by atoms with Crippen LogP contribution in [-0.4, -0.2) is 54.9 Å². The highest BCUT2D eigenvalue weighted by Crippen LogP contribution is 2.24. The van der Waals surface area contributed by atoms with E-state index in [9.17, 15) is 12.8 Å². The molecule has 1 aliphatic heterocycles. The third-order valence-electron chi connectivity index (χ3n) is 3.99. The molecule has 0 saturated carbocycles. The van der Waals surface area contributed by atoms with E-state index in [0.29, 0.717) is 32.6 Å². The van der Waals surface area contributed by atoms with Crippen LogP contribution >= 0.6 is 11.3 Å². The summed E-state index contributed by atoms with van der Waals surface area (Å²) in [4.78, 5) is 2.06. The number of halogens is 1. The fraction of sp³-hybridized carbons (Fsp3) is 0.467. The first kappa shape index (κ1) is 17.2. The second kappa shape index (κ2) is 7.12. The topological polar surface area (TPSA) is 66.4 Å². The Morgan fingerprint density at radius 1 is 1.12 bits per heavy atom. The number of sulfonamides is 1. The summed E-state index contributed by atoms with van der Waals surface area (Å²) in [6.07, 6.45) is 0.613. The quantitative estimate of drug-likeness (QED) is 0.802. The molecule has 9 heteroatoms. The Balaban J connectivity index is 1.61. The smallest absolute Gasteiger partial charge is 0.213 e. The number of hydrogen-bond acceptors (Lipinski definition) is 6. The van der Waals surface area contributed by atoms with Gasteiger partial charge in [0.2, 0.25) is 15.2 Å². The average Bonchev–Trinajstić information content (AvgIpc) is 3.05. The van der Waals surface area contributed by atoms with Gasteiger partial charge in [0.05, 0.1) is 5.75 Å². The lowest BCUT2D eigenvalue weighted by molar-refractivity contribution is 0.385. The van der Waals surface area contributed by atoms with Crippen molar-refractivity contribution in [3.63, 3.8) is 0 Å². The van der Waals surface area contributed by atoms with Crippen LogP contribution in [0.4, 0.5) is 9.52 Å². The van der Waals surface area contributed by atoms with Gasteiger partial charge in [-0.3, -0.25) is 0 Å². The molecule has 2 heterocycles. The first-order valence-electron chi connectivity index (χ1n) is 7.77. The summed E-state index contributed by atoms with van der Waals surface area (Å²) in [6.45, 7) is 3.84. The van der Waals surface area contributed by atoms with Gasteiger partial charge in [0.15, 0.2) is 0 Å². The number of aromatic nitrogens is 2. The van der Waals surface area contributed by atoms with Crippen LogP contribution in [-0.2, 0) is 16.4 Å². The Hall–Kier alpha value is -1.58. The standard InChI is InChI=1S/C15H19FN4O2S2/c1-2-24(21,22)20-9-7-19(8-10-20)15-18-17-14(23-15)11-12-3-5-13(16)6-4-12/h3-6H,2,7-11H2,1H3. The minimum absolute atomic E-state index is 0.133. The molecule has 0 radical (unpaired) electrons. The molecule has 0 spiro atoms. The minimum Gasteiger partial charge on any atom is -0.344 e. The molecule has 6 nitrogen and oxygen atoms in total. The first-order valence-corrected chi connectivity index (χ1v) is 10.2. The van der Waals surface area contributed by atoms with Crippen molar-refractivity contribution >= 4 is 26.5 Å². The second-order valence-electron chi connectivity index (χ2n) is 5.57. The van der Waals surface area contributed by atoms with Crippen LogP contribution in [0.25, 0.3) is 0 Å². The molecular formula is C15H19FN4O2S2. The zero-order valence-electron chi connectivity index (χ0n) is 13.4. The molecule has 0 atom stereocenters. The highest BCUT2D eigenvalue weighted by atomic mass is 32.2. The van der Waals surface area contributed by atoms with Gasteiger partial charge in [0, 0.05) is 32.6 Å². The lowest BCUT2D eigenvalue weighted by atomic mass is 10.2. The van der Waals surface area contributed by atoms with Crippen molar-refractivity contribution in [3.8, 4) is 0 Å². The molecule has 1 saturated heterocycles. The van der Waals surface area contributed by atoms with Gasteiger partial charge in [-0.1, -0.05) is 23.5 Å². The van der Waals surface area contributed by atoms with Crippen LogP contribution in [0.2, 0.25) is 0 Å². The molecule has 2 aromatic rings.